The van der Waals surface area contributed by atoms with E-state index in [9.17, 15) is 4.79 Å². The van der Waals surface area contributed by atoms with Crippen LogP contribution in [0.2, 0.25) is 0 Å². The summed E-state index contributed by atoms with van der Waals surface area (Å²) in [6, 6.07) is 25.3. The Morgan fingerprint density at radius 2 is 1.61 bits per heavy atom. The van der Waals surface area contributed by atoms with E-state index in [1.54, 1.807) is 7.11 Å². The van der Waals surface area contributed by atoms with E-state index >= 15 is 0 Å². The standard InChI is InChI=1S/C28H24O3/c1-3-21(13-9-12-20-10-5-4-6-11-20)26-24-14-7-8-15-25(24)28(29)31-27(26)22-16-18-23(30-2)19-17-22/h3-12,14-19,21H,1,13H2,2H3/b12-9+. The van der Waals surface area contributed by atoms with Gasteiger partial charge in [0.25, 0.3) is 0 Å². The van der Waals surface area contributed by atoms with Gasteiger partial charge in [0.05, 0.1) is 12.5 Å². The Morgan fingerprint density at radius 3 is 2.29 bits per heavy atom. The average molecular weight is 408 g/mol. The third kappa shape index (κ3) is 4.36. The summed E-state index contributed by atoms with van der Waals surface area (Å²) in [6.45, 7) is 4.08. The molecule has 0 radical (unpaired) electrons. The van der Waals surface area contributed by atoms with Crippen LogP contribution in [0.5, 0.6) is 5.75 Å². The van der Waals surface area contributed by atoms with Crippen molar-refractivity contribution in [2.75, 3.05) is 7.11 Å². The van der Waals surface area contributed by atoms with Crippen molar-refractivity contribution in [1.82, 2.24) is 0 Å². The number of ether oxygens (including phenoxy) is 1. The predicted octanol–water partition coefficient (Wildman–Crippen LogP) is 6.84. The molecule has 0 N–H and O–H groups in total. The zero-order valence-electron chi connectivity index (χ0n) is 17.5. The van der Waals surface area contributed by atoms with Crippen molar-refractivity contribution < 1.29 is 9.15 Å². The summed E-state index contributed by atoms with van der Waals surface area (Å²) in [4.78, 5) is 12.7. The lowest BCUT2D eigenvalue weighted by atomic mass is 9.88. The average Bonchev–Trinajstić information content (AvgIpc) is 2.83. The second-order valence-corrected chi connectivity index (χ2v) is 7.30. The fourth-order valence-corrected chi connectivity index (χ4v) is 3.79. The van der Waals surface area contributed by atoms with Gasteiger partial charge >= 0.3 is 5.63 Å². The Morgan fingerprint density at radius 1 is 0.935 bits per heavy atom. The zero-order valence-corrected chi connectivity index (χ0v) is 17.5. The summed E-state index contributed by atoms with van der Waals surface area (Å²) in [5.74, 6) is 1.30. The van der Waals surface area contributed by atoms with Crippen molar-refractivity contribution >= 4 is 16.8 Å². The summed E-state index contributed by atoms with van der Waals surface area (Å²) in [7, 11) is 1.63. The summed E-state index contributed by atoms with van der Waals surface area (Å²) in [6.07, 6.45) is 6.90. The number of allylic oxidation sites excluding steroid dienone is 2. The monoisotopic (exact) mass is 408 g/mol. The van der Waals surface area contributed by atoms with Gasteiger partial charge in [0, 0.05) is 17.0 Å². The number of fused-ring (bicyclic) bond motifs is 1. The molecular formula is C28H24O3. The Balaban J connectivity index is 1.83. The first kappa shape index (κ1) is 20.4. The van der Waals surface area contributed by atoms with E-state index < -0.39 is 0 Å². The lowest BCUT2D eigenvalue weighted by molar-refractivity contribution is 0.415. The topological polar surface area (TPSA) is 39.4 Å². The van der Waals surface area contributed by atoms with Gasteiger partial charge in [0.1, 0.15) is 11.5 Å². The Kier molecular flexibility index (Phi) is 6.13. The van der Waals surface area contributed by atoms with E-state index in [4.69, 9.17) is 9.15 Å². The lowest BCUT2D eigenvalue weighted by Gasteiger charge is -2.18. The molecule has 3 nitrogen and oxygen atoms in total. The van der Waals surface area contributed by atoms with Crippen molar-refractivity contribution in [1.29, 1.82) is 0 Å². The van der Waals surface area contributed by atoms with E-state index in [2.05, 4.69) is 30.9 Å². The minimum Gasteiger partial charge on any atom is -0.497 e. The summed E-state index contributed by atoms with van der Waals surface area (Å²) < 4.78 is 11.1. The van der Waals surface area contributed by atoms with Gasteiger partial charge in [-0.15, -0.1) is 6.58 Å². The van der Waals surface area contributed by atoms with E-state index in [1.807, 2.05) is 72.8 Å². The van der Waals surface area contributed by atoms with Crippen LogP contribution in [0.1, 0.15) is 23.5 Å². The smallest absolute Gasteiger partial charge is 0.344 e. The molecule has 0 aliphatic rings. The van der Waals surface area contributed by atoms with Crippen LogP contribution in [-0.4, -0.2) is 7.11 Å². The first-order valence-corrected chi connectivity index (χ1v) is 10.3. The highest BCUT2D eigenvalue weighted by Gasteiger charge is 2.20. The van der Waals surface area contributed by atoms with Crippen LogP contribution in [0.4, 0.5) is 0 Å². The Hall–Kier alpha value is -3.85. The second kappa shape index (κ2) is 9.31. The van der Waals surface area contributed by atoms with Gasteiger partial charge in [-0.1, -0.05) is 66.8 Å². The number of benzene rings is 3. The molecule has 4 aromatic rings. The zero-order chi connectivity index (χ0) is 21.6. The minimum atomic E-state index is -0.340. The van der Waals surface area contributed by atoms with Crippen LogP contribution in [0.15, 0.2) is 107 Å². The maximum atomic E-state index is 12.7. The number of rotatable bonds is 7. The molecule has 4 rings (SSSR count). The quantitative estimate of drug-likeness (QED) is 0.314. The fraction of sp³-hybridized carbons (Fsp3) is 0.107. The van der Waals surface area contributed by atoms with Gasteiger partial charge in [-0.05, 0) is 47.7 Å². The molecule has 0 spiro atoms. The van der Waals surface area contributed by atoms with Crippen molar-refractivity contribution in [3.05, 3.63) is 119 Å². The van der Waals surface area contributed by atoms with Crippen molar-refractivity contribution in [3.63, 3.8) is 0 Å². The van der Waals surface area contributed by atoms with E-state index in [-0.39, 0.29) is 11.5 Å². The SMILES string of the molecule is C=CC(C/C=C/c1ccccc1)c1c(-c2ccc(OC)cc2)oc(=O)c2ccccc12. The molecule has 1 heterocycles. The summed E-state index contributed by atoms with van der Waals surface area (Å²) in [5.41, 5.74) is 2.60. The van der Waals surface area contributed by atoms with Crippen LogP contribution < -0.4 is 10.4 Å². The summed E-state index contributed by atoms with van der Waals surface area (Å²) >= 11 is 0. The number of hydrogen-bond donors (Lipinski definition) is 0. The maximum absolute atomic E-state index is 12.7. The molecule has 3 heteroatoms. The molecule has 0 amide bonds. The van der Waals surface area contributed by atoms with Gasteiger partial charge in [-0.2, -0.15) is 0 Å². The third-order valence-electron chi connectivity index (χ3n) is 5.38. The molecule has 0 aliphatic heterocycles. The minimum absolute atomic E-state index is 0.0219. The molecular weight excluding hydrogens is 384 g/mol. The van der Waals surface area contributed by atoms with Crippen LogP contribution >= 0.6 is 0 Å². The third-order valence-corrected chi connectivity index (χ3v) is 5.38. The molecule has 0 fully saturated rings. The molecule has 0 bridgehead atoms. The molecule has 0 saturated carbocycles. The Labute approximate surface area is 181 Å². The van der Waals surface area contributed by atoms with E-state index in [0.29, 0.717) is 11.1 Å². The highest BCUT2D eigenvalue weighted by Crippen LogP contribution is 2.37. The highest BCUT2D eigenvalue weighted by atomic mass is 16.5. The van der Waals surface area contributed by atoms with E-state index in [1.165, 1.54) is 0 Å². The van der Waals surface area contributed by atoms with Crippen LogP contribution in [0, 0.1) is 0 Å². The highest BCUT2D eigenvalue weighted by molar-refractivity contribution is 5.89. The van der Waals surface area contributed by atoms with Crippen molar-refractivity contribution in [2.45, 2.75) is 12.3 Å². The number of hydrogen-bond acceptors (Lipinski definition) is 3. The molecule has 1 atom stereocenters. The van der Waals surface area contributed by atoms with Gasteiger partial charge in [0.15, 0.2) is 0 Å². The lowest BCUT2D eigenvalue weighted by Crippen LogP contribution is -2.07. The molecule has 0 saturated heterocycles. The van der Waals surface area contributed by atoms with Crippen LogP contribution in [0.3, 0.4) is 0 Å². The summed E-state index contributed by atoms with van der Waals surface area (Å²) in [5, 5.41) is 1.47. The Bertz CT molecular complexity index is 1270. The van der Waals surface area contributed by atoms with Gasteiger partial charge in [0.2, 0.25) is 0 Å². The largest absolute Gasteiger partial charge is 0.497 e. The van der Waals surface area contributed by atoms with Crippen molar-refractivity contribution in [3.8, 4) is 17.1 Å². The first-order chi connectivity index (χ1) is 15.2. The van der Waals surface area contributed by atoms with Gasteiger partial charge < -0.3 is 9.15 Å². The van der Waals surface area contributed by atoms with Gasteiger partial charge in [-0.25, -0.2) is 4.79 Å². The van der Waals surface area contributed by atoms with Crippen LogP contribution in [0.25, 0.3) is 28.2 Å². The van der Waals surface area contributed by atoms with Crippen LogP contribution in [-0.2, 0) is 0 Å². The number of methoxy groups -OCH3 is 1. The molecule has 154 valence electrons. The molecule has 3 aromatic carbocycles. The normalized spacial score (nSPS) is 12.2. The van der Waals surface area contributed by atoms with Gasteiger partial charge in [-0.3, -0.25) is 0 Å². The second-order valence-electron chi connectivity index (χ2n) is 7.30. The molecule has 1 aromatic heterocycles. The molecule has 0 aliphatic carbocycles. The predicted molar refractivity (Wildman–Crippen MR) is 128 cm³/mol. The first-order valence-electron chi connectivity index (χ1n) is 10.3. The fourth-order valence-electron chi connectivity index (χ4n) is 3.79. The van der Waals surface area contributed by atoms with E-state index in [0.717, 1.165) is 34.2 Å². The van der Waals surface area contributed by atoms with Crippen molar-refractivity contribution in [2.24, 2.45) is 0 Å². The molecule has 31 heavy (non-hydrogen) atoms. The maximum Gasteiger partial charge on any atom is 0.344 e. The molecule has 1 unspecified atom stereocenters.